The second kappa shape index (κ2) is 8.85. The van der Waals surface area contributed by atoms with Gasteiger partial charge in [0.2, 0.25) is 0 Å². The van der Waals surface area contributed by atoms with Crippen LogP contribution in [0.3, 0.4) is 0 Å². The molecule has 24 heavy (non-hydrogen) atoms. The molecule has 1 saturated heterocycles. The molecule has 11 nitrogen and oxygen atoms in total. The van der Waals surface area contributed by atoms with Gasteiger partial charge in [0.1, 0.15) is 12.3 Å². The Labute approximate surface area is 179 Å². The van der Waals surface area contributed by atoms with E-state index in [4.69, 9.17) is 4.74 Å². The molecule has 0 spiro atoms. The number of phosphoric acid groups is 1. The number of nitrogens with zero attached hydrogens (tertiary/aromatic N) is 3. The molecular weight excluding hydrogens is 365 g/mol. The maximum absolute atomic E-state index is 11.6. The summed E-state index contributed by atoms with van der Waals surface area (Å²) in [6.07, 6.45) is -0.0764. The Morgan fingerprint density at radius 2 is 2.17 bits per heavy atom. The van der Waals surface area contributed by atoms with Crippen LogP contribution in [0.15, 0.2) is 17.4 Å². The summed E-state index contributed by atoms with van der Waals surface area (Å²) >= 11 is 0. The molecule has 2 radical (unpaired) electrons. The SMILES string of the molecule is O=c1[nH]cnc2c1ncn2[C@H]1C[C@H](O)[C@@H](COP(=O)([O-])[O-])O1.[Na].[Na]. The zero-order chi connectivity index (χ0) is 15.9. The quantitative estimate of drug-likeness (QED) is 0.414. The van der Waals surface area contributed by atoms with E-state index in [2.05, 4.69) is 19.5 Å². The minimum absolute atomic E-state index is 0. The minimum Gasteiger partial charge on any atom is -0.790 e. The monoisotopic (exact) mass is 376 g/mol. The predicted molar refractivity (Wildman–Crippen MR) is 77.7 cm³/mol. The third-order valence-corrected chi connectivity index (χ3v) is 3.74. The molecule has 0 aromatic carbocycles. The molecule has 2 aromatic rings. The van der Waals surface area contributed by atoms with Crippen molar-refractivity contribution in [3.63, 3.8) is 0 Å². The van der Waals surface area contributed by atoms with Crippen LogP contribution in [0.5, 0.6) is 0 Å². The van der Waals surface area contributed by atoms with Crippen LogP contribution in [0.1, 0.15) is 12.6 Å². The Balaban J connectivity index is 0.00000144. The first-order valence-corrected chi connectivity index (χ1v) is 7.71. The van der Waals surface area contributed by atoms with Gasteiger partial charge in [0.05, 0.1) is 33.2 Å². The van der Waals surface area contributed by atoms with E-state index in [1.54, 1.807) is 0 Å². The number of ether oxygens (including phenoxy) is 1. The molecule has 1 fully saturated rings. The number of aromatic nitrogens is 4. The van der Waals surface area contributed by atoms with E-state index in [0.717, 1.165) is 0 Å². The molecule has 3 rings (SSSR count). The van der Waals surface area contributed by atoms with Gasteiger partial charge in [0, 0.05) is 65.5 Å². The second-order valence-electron chi connectivity index (χ2n) is 4.73. The molecule has 0 aliphatic carbocycles. The molecule has 2 N–H and O–H groups in total. The normalized spacial score (nSPS) is 23.7. The van der Waals surface area contributed by atoms with Crippen molar-refractivity contribution in [1.29, 1.82) is 0 Å². The third kappa shape index (κ3) is 4.97. The fraction of sp³-hybridized carbons (Fsp3) is 0.500. The summed E-state index contributed by atoms with van der Waals surface area (Å²) < 4.78 is 21.5. The zero-order valence-electron chi connectivity index (χ0n) is 13.0. The molecule has 2 aromatic heterocycles. The summed E-state index contributed by atoms with van der Waals surface area (Å²) in [7, 11) is -5.14. The number of hydrogen-bond donors (Lipinski definition) is 2. The van der Waals surface area contributed by atoms with Crippen LogP contribution in [0, 0.1) is 0 Å². The number of nitrogens with one attached hydrogen (secondary N) is 1. The van der Waals surface area contributed by atoms with Crippen molar-refractivity contribution >= 4 is 78.1 Å². The van der Waals surface area contributed by atoms with E-state index < -0.39 is 38.4 Å². The second-order valence-corrected chi connectivity index (χ2v) is 5.88. The molecule has 0 amide bonds. The van der Waals surface area contributed by atoms with E-state index in [9.17, 15) is 24.3 Å². The summed E-state index contributed by atoms with van der Waals surface area (Å²) in [6, 6.07) is 0. The van der Waals surface area contributed by atoms with Gasteiger partial charge in [0.25, 0.3) is 5.56 Å². The van der Waals surface area contributed by atoms with Crippen LogP contribution < -0.4 is 15.3 Å². The summed E-state index contributed by atoms with van der Waals surface area (Å²) in [5.74, 6) is 0. The summed E-state index contributed by atoms with van der Waals surface area (Å²) in [4.78, 5) is 42.8. The van der Waals surface area contributed by atoms with Crippen molar-refractivity contribution in [3.05, 3.63) is 23.0 Å². The average Bonchev–Trinajstić information content (AvgIpc) is 3.00. The Bertz CT molecular complexity index is 793. The van der Waals surface area contributed by atoms with Crippen molar-refractivity contribution < 1.29 is 28.7 Å². The van der Waals surface area contributed by atoms with Crippen molar-refractivity contribution in [2.75, 3.05) is 6.61 Å². The van der Waals surface area contributed by atoms with E-state index in [-0.39, 0.29) is 76.7 Å². The topological polar surface area (TPSA) is 165 Å². The van der Waals surface area contributed by atoms with Gasteiger partial charge >= 0.3 is 0 Å². The molecule has 3 heterocycles. The number of fused-ring (bicyclic) bond motifs is 1. The molecule has 14 heteroatoms. The van der Waals surface area contributed by atoms with Crippen LogP contribution >= 0.6 is 7.82 Å². The first kappa shape index (κ1) is 22.4. The molecule has 1 aliphatic heterocycles. The first-order chi connectivity index (χ1) is 10.3. The number of aliphatic hydroxyl groups is 1. The molecule has 0 saturated carbocycles. The predicted octanol–water partition coefficient (Wildman–Crippen LogP) is -3.15. The van der Waals surface area contributed by atoms with Gasteiger partial charge in [-0.3, -0.25) is 9.36 Å². The van der Waals surface area contributed by atoms with Crippen LogP contribution in [-0.4, -0.2) is 103 Å². The summed E-state index contributed by atoms with van der Waals surface area (Å²) in [5.41, 5.74) is -0.0365. The van der Waals surface area contributed by atoms with Crippen molar-refractivity contribution in [2.45, 2.75) is 24.9 Å². The summed E-state index contributed by atoms with van der Waals surface area (Å²) in [5, 5.41) is 9.86. The molecular formula is C10H11N4Na2O7P-2. The number of phosphoric ester groups is 1. The van der Waals surface area contributed by atoms with Crippen molar-refractivity contribution in [3.8, 4) is 0 Å². The number of aromatic amines is 1. The van der Waals surface area contributed by atoms with E-state index in [1.165, 1.54) is 17.2 Å². The van der Waals surface area contributed by atoms with Crippen LogP contribution in [-0.2, 0) is 13.8 Å². The molecule has 1 aliphatic rings. The van der Waals surface area contributed by atoms with Gasteiger partial charge in [0.15, 0.2) is 11.2 Å². The number of aliphatic hydroxyl groups excluding tert-OH is 1. The third-order valence-electron chi connectivity index (χ3n) is 3.28. The van der Waals surface area contributed by atoms with Gasteiger partial charge in [-0.2, -0.15) is 0 Å². The first-order valence-electron chi connectivity index (χ1n) is 6.25. The van der Waals surface area contributed by atoms with E-state index >= 15 is 0 Å². The van der Waals surface area contributed by atoms with Crippen LogP contribution in [0.4, 0.5) is 0 Å². The van der Waals surface area contributed by atoms with Gasteiger partial charge in [-0.15, -0.1) is 0 Å². The Hall–Kier alpha value is 0.380. The Morgan fingerprint density at radius 3 is 2.83 bits per heavy atom. The van der Waals surface area contributed by atoms with Gasteiger partial charge in [-0.05, 0) is 0 Å². The zero-order valence-corrected chi connectivity index (χ0v) is 17.9. The fourth-order valence-corrected chi connectivity index (χ4v) is 2.60. The number of hydrogen-bond acceptors (Lipinski definition) is 9. The van der Waals surface area contributed by atoms with Crippen LogP contribution in [0.2, 0.25) is 0 Å². The van der Waals surface area contributed by atoms with Gasteiger partial charge in [-0.1, -0.05) is 0 Å². The Morgan fingerprint density at radius 1 is 1.46 bits per heavy atom. The standard InChI is InChI=1S/C10H13N4O7P.2Na/c15-5-1-7(21-6(5)2-20-22(17,18)19)14-4-13-8-9(14)11-3-12-10(8)16;;/h3-7,15H,1-2H2,(H,11,12,16)(H2,17,18,19);;/p-2/t5-,6+,7+;;/m0../s1. The summed E-state index contributed by atoms with van der Waals surface area (Å²) in [6.45, 7) is -0.581. The van der Waals surface area contributed by atoms with E-state index in [0.29, 0.717) is 0 Å². The number of imidazole rings is 1. The van der Waals surface area contributed by atoms with Crippen molar-refractivity contribution in [1.82, 2.24) is 19.5 Å². The number of H-pyrrole nitrogens is 1. The largest absolute Gasteiger partial charge is 0.790 e. The molecule has 3 atom stereocenters. The minimum atomic E-state index is -5.14. The molecule has 0 unspecified atom stereocenters. The number of rotatable bonds is 4. The van der Waals surface area contributed by atoms with Crippen LogP contribution in [0.25, 0.3) is 11.2 Å². The Kier molecular flexibility index (Phi) is 8.27. The average molecular weight is 376 g/mol. The maximum atomic E-state index is 11.6. The van der Waals surface area contributed by atoms with E-state index in [1.807, 2.05) is 0 Å². The van der Waals surface area contributed by atoms with Gasteiger partial charge in [-0.25, -0.2) is 9.97 Å². The van der Waals surface area contributed by atoms with Crippen molar-refractivity contribution in [2.24, 2.45) is 0 Å². The maximum Gasteiger partial charge on any atom is 0.278 e. The molecule has 0 bridgehead atoms. The smallest absolute Gasteiger partial charge is 0.278 e. The van der Waals surface area contributed by atoms with Gasteiger partial charge < -0.3 is 33.7 Å². The molecule has 122 valence electrons. The fourth-order valence-electron chi connectivity index (χ4n) is 2.27.